The standard InChI is InChI=1S/C77H118F8N12O14/c1-13-46(6)64-72(107)90(8)43-62(100)91(9)55-27-20-45(5)40-96(71(55)106)59(37-47-21-24-50(25-22-47)76(80,81)82)69(104)89(7)42-60(98)86-54(26-23-48-35-52(78)63(53(79)36-48)77(83,84)85)68(103)97-41-51(111-14-2)38-57(97)67(102)88-75(28-17-29-75)74(109)94(12)65(49-18-15-16-19-49)73(108)93(11)58(70(105)95-30-32-110-33-31-95)39-61(99)92(10)56(34-44(3)4)66(101)87-64/h20,44,46-59,63-65H,13-19,21-43H2,1-12H3,(H,86,98)(H,87,101)(H,88,102)/t46-,47?,48?,50?,51+,52?,53?,54-,55?,56-,57-,58-,59-,63?,64-,65-/m0/s1. The lowest BCUT2D eigenvalue weighted by atomic mass is 9.74. The fourth-order valence-corrected chi connectivity index (χ4v) is 17.7. The average molecular weight is 1590 g/mol. The number of rotatable bonds is 13. The van der Waals surface area contributed by atoms with Crippen molar-refractivity contribution in [2.24, 2.45) is 41.4 Å². The van der Waals surface area contributed by atoms with E-state index in [1.165, 1.54) is 61.9 Å². The molecule has 34 heteroatoms. The molecule has 0 aromatic rings. The predicted molar refractivity (Wildman–Crippen MR) is 390 cm³/mol. The SMILES string of the molecule is CCO[C@@H]1C[C@H]2C(=O)NC3(CCC3)C(=O)N(C)[C@@H](C3CCCC3)C(=O)N(C)[C@H](C(=O)N3CCOCC3)CC(=O)N(C)[C@@H](CC(C)C)C(=O)N[C@@H]([C@@H](C)CC)C(=O)N(C)CC(=O)N(C)C3CC=C(C)CN(C3=O)[C@@H](CC3CCC(C(F)(F)F)CC3)C(=O)N(C)CC(=O)N[C@@H](CCC3CC(F)C(C(F)(F)F)C(F)C3)C(=O)N2C1. The zero-order valence-electron chi connectivity index (χ0n) is 66.4. The van der Waals surface area contributed by atoms with Gasteiger partial charge in [0.25, 0.3) is 0 Å². The summed E-state index contributed by atoms with van der Waals surface area (Å²) in [5, 5.41) is 8.44. The van der Waals surface area contributed by atoms with Crippen LogP contribution in [-0.2, 0) is 67.0 Å². The van der Waals surface area contributed by atoms with E-state index in [4.69, 9.17) is 9.47 Å². The first-order chi connectivity index (χ1) is 52.1. The molecule has 0 aromatic heterocycles. The zero-order chi connectivity index (χ0) is 82.0. The molecule has 2 bridgehead atoms. The highest BCUT2D eigenvalue weighted by Gasteiger charge is 2.56. The summed E-state index contributed by atoms with van der Waals surface area (Å²) < 4.78 is 127. The smallest absolute Gasteiger partial charge is 0.378 e. The van der Waals surface area contributed by atoms with E-state index >= 15 is 51.9 Å². The highest BCUT2D eigenvalue weighted by atomic mass is 19.4. The van der Waals surface area contributed by atoms with Gasteiger partial charge in [-0.1, -0.05) is 58.6 Å². The van der Waals surface area contributed by atoms with Crippen molar-refractivity contribution in [2.45, 2.75) is 261 Å². The molecule has 3 N–H and O–H groups in total. The highest BCUT2D eigenvalue weighted by molar-refractivity contribution is 6.01. The minimum Gasteiger partial charge on any atom is -0.378 e. The van der Waals surface area contributed by atoms with Gasteiger partial charge in [-0.25, -0.2) is 8.78 Å². The van der Waals surface area contributed by atoms with Crippen LogP contribution in [0.15, 0.2) is 11.6 Å². The van der Waals surface area contributed by atoms with E-state index in [1.54, 1.807) is 33.8 Å². The molecular weight excluding hydrogens is 1470 g/mol. The summed E-state index contributed by atoms with van der Waals surface area (Å²) in [6.45, 7) is 8.96. The monoisotopic (exact) mass is 1590 g/mol. The highest BCUT2D eigenvalue weighted by Crippen LogP contribution is 2.46. The molecule has 8 rings (SSSR count). The lowest BCUT2D eigenvalue weighted by Crippen LogP contribution is -2.68. The Morgan fingerprint density at radius 2 is 1.26 bits per heavy atom. The third kappa shape index (κ3) is 21.6. The summed E-state index contributed by atoms with van der Waals surface area (Å²) in [5.41, 5.74) is -1.16. The predicted octanol–water partition coefficient (Wildman–Crippen LogP) is 6.12. The first kappa shape index (κ1) is 89.3. The average Bonchev–Trinajstić information content (AvgIpc) is 1.68. The van der Waals surface area contributed by atoms with Gasteiger partial charge in [0.2, 0.25) is 70.9 Å². The minimum atomic E-state index is -5.22. The van der Waals surface area contributed by atoms with E-state index in [0.717, 1.165) is 24.5 Å². The van der Waals surface area contributed by atoms with Crippen LogP contribution in [-0.4, -0.2) is 301 Å². The largest absolute Gasteiger partial charge is 0.397 e. The molecule has 3 unspecified atom stereocenters. The van der Waals surface area contributed by atoms with Crippen molar-refractivity contribution in [1.82, 2.24) is 60.0 Å². The summed E-state index contributed by atoms with van der Waals surface area (Å²) in [5.74, 6) is -17.1. The van der Waals surface area contributed by atoms with E-state index in [-0.39, 0.29) is 123 Å². The number of likely N-dealkylation sites (N-methyl/N-ethyl adjacent to an activating group) is 6. The Bertz CT molecular complexity index is 3350. The number of halogens is 8. The van der Waals surface area contributed by atoms with Gasteiger partial charge in [-0.3, -0.25) is 57.5 Å². The van der Waals surface area contributed by atoms with Crippen molar-refractivity contribution in [3.63, 3.8) is 0 Å². The van der Waals surface area contributed by atoms with Crippen LogP contribution in [0.25, 0.3) is 0 Å². The van der Waals surface area contributed by atoms with E-state index in [1.807, 2.05) is 13.8 Å². The van der Waals surface area contributed by atoms with Crippen LogP contribution in [0.4, 0.5) is 35.1 Å². The van der Waals surface area contributed by atoms with Gasteiger partial charge in [0.1, 0.15) is 72.1 Å². The van der Waals surface area contributed by atoms with Crippen LogP contribution in [0.2, 0.25) is 0 Å². The molecule has 7 fully saturated rings. The molecule has 0 aromatic carbocycles. The molecule has 4 saturated carbocycles. The Kier molecular flexibility index (Phi) is 30.8. The summed E-state index contributed by atoms with van der Waals surface area (Å²) in [7, 11) is 8.04. The molecule has 12 amide bonds. The summed E-state index contributed by atoms with van der Waals surface area (Å²) >= 11 is 0. The maximum atomic E-state index is 15.7. The van der Waals surface area contributed by atoms with E-state index in [9.17, 15) is 40.7 Å². The molecule has 111 heavy (non-hydrogen) atoms. The lowest BCUT2D eigenvalue weighted by molar-refractivity contribution is -0.219. The number of nitrogens with one attached hydrogen (secondary N) is 3. The third-order valence-electron chi connectivity index (χ3n) is 24.8. The molecule has 0 radical (unpaired) electrons. The van der Waals surface area contributed by atoms with Crippen molar-refractivity contribution >= 4 is 70.9 Å². The van der Waals surface area contributed by atoms with Gasteiger partial charge < -0.3 is 69.5 Å². The third-order valence-corrected chi connectivity index (χ3v) is 24.8. The Balaban J connectivity index is 1.21. The Labute approximate surface area is 646 Å². The Morgan fingerprint density at radius 3 is 1.83 bits per heavy atom. The number of ether oxygens (including phenoxy) is 2. The zero-order valence-corrected chi connectivity index (χ0v) is 66.4. The molecule has 1 spiro atoms. The molecule has 4 heterocycles. The van der Waals surface area contributed by atoms with Crippen molar-refractivity contribution in [3.05, 3.63) is 11.6 Å². The quantitative estimate of drug-likeness (QED) is 0.138. The van der Waals surface area contributed by atoms with Gasteiger partial charge in [-0.05, 0) is 146 Å². The molecule has 26 nitrogen and oxygen atoms in total. The fourth-order valence-electron chi connectivity index (χ4n) is 17.7. The van der Waals surface area contributed by atoms with Crippen molar-refractivity contribution in [3.8, 4) is 0 Å². The summed E-state index contributed by atoms with van der Waals surface area (Å²) in [6.07, 6.45) is -15.2. The lowest BCUT2D eigenvalue weighted by Gasteiger charge is -2.47. The van der Waals surface area contributed by atoms with Crippen LogP contribution < -0.4 is 16.0 Å². The molecule has 626 valence electrons. The van der Waals surface area contributed by atoms with E-state index in [0.29, 0.717) is 44.1 Å². The Hall–Kier alpha value is -7.26. The van der Waals surface area contributed by atoms with Gasteiger partial charge in [0.05, 0.1) is 44.7 Å². The second kappa shape index (κ2) is 38.3. The molecule has 4 aliphatic heterocycles. The number of hydrogen-bond donors (Lipinski definition) is 3. The van der Waals surface area contributed by atoms with E-state index < -0.39 is 230 Å². The van der Waals surface area contributed by atoms with Gasteiger partial charge in [-0.2, -0.15) is 26.3 Å². The topological polar surface area (TPSA) is 289 Å². The van der Waals surface area contributed by atoms with E-state index in [2.05, 4.69) is 16.0 Å². The van der Waals surface area contributed by atoms with Gasteiger partial charge >= 0.3 is 12.4 Å². The van der Waals surface area contributed by atoms with Crippen molar-refractivity contribution in [2.75, 3.05) is 101 Å². The van der Waals surface area contributed by atoms with Crippen LogP contribution in [0.1, 0.15) is 176 Å². The van der Waals surface area contributed by atoms with Crippen molar-refractivity contribution < 1.29 is 102 Å². The summed E-state index contributed by atoms with van der Waals surface area (Å²) in [6, 6.07) is -11.5. The van der Waals surface area contributed by atoms with Crippen molar-refractivity contribution in [1.29, 1.82) is 0 Å². The second-order valence-electron chi connectivity index (χ2n) is 33.1. The first-order valence-corrected chi connectivity index (χ1v) is 39.8. The molecular formula is C77H118F8N12O14. The number of carbonyl (C=O) groups excluding carboxylic acids is 12. The number of hydrogen-bond acceptors (Lipinski definition) is 14. The number of alkyl halides is 8. The van der Waals surface area contributed by atoms with Gasteiger partial charge in [0, 0.05) is 81.5 Å². The van der Waals surface area contributed by atoms with Gasteiger partial charge in [-0.15, -0.1) is 0 Å². The van der Waals surface area contributed by atoms with Crippen LogP contribution in [0.3, 0.4) is 0 Å². The van der Waals surface area contributed by atoms with Gasteiger partial charge in [0.15, 0.2) is 0 Å². The second-order valence-corrected chi connectivity index (χ2v) is 33.1. The number of nitrogens with zero attached hydrogens (tertiary/aromatic N) is 9. The number of fused-ring (bicyclic) bond motifs is 3. The number of carbonyl (C=O) groups is 12. The number of amides is 12. The Morgan fingerprint density at radius 1 is 0.640 bits per heavy atom. The summed E-state index contributed by atoms with van der Waals surface area (Å²) in [4.78, 5) is 193. The normalized spacial score (nSPS) is 32.0. The minimum absolute atomic E-state index is 0.0114. The first-order valence-electron chi connectivity index (χ1n) is 39.8. The maximum absolute atomic E-state index is 15.7. The maximum Gasteiger partial charge on any atom is 0.397 e. The molecule has 12 atom stereocenters. The number of morpholine rings is 1. The fraction of sp³-hybridized carbons (Fsp3) is 0.818. The molecule has 8 aliphatic rings. The van der Waals surface area contributed by atoms with Crippen LogP contribution in [0.5, 0.6) is 0 Å². The molecule has 4 aliphatic carbocycles. The molecule has 3 saturated heterocycles. The van der Waals surface area contributed by atoms with Crippen LogP contribution >= 0.6 is 0 Å². The van der Waals surface area contributed by atoms with Crippen LogP contribution in [0, 0.1) is 41.4 Å².